The molecule has 50 heavy (non-hydrogen) atoms. The number of anilines is 1. The second kappa shape index (κ2) is 14.8. The monoisotopic (exact) mass is 744 g/mol. The normalized spacial score (nSPS) is 12.6. The van der Waals surface area contributed by atoms with E-state index in [1.807, 2.05) is 0 Å². The largest absolute Gasteiger partial charge is 0.361 e. The molecule has 1 N–H and O–H groups in total. The molecule has 268 valence electrons. The molecule has 0 amide bonds. The Labute approximate surface area is 292 Å². The van der Waals surface area contributed by atoms with Gasteiger partial charge in [-0.05, 0) is 49.3 Å². The van der Waals surface area contributed by atoms with Crippen molar-refractivity contribution in [3.05, 3.63) is 78.1 Å². The topological polar surface area (TPSA) is 113 Å². The number of ether oxygens (including phenoxy) is 2. The Bertz CT molecular complexity index is 2110. The molecule has 0 saturated heterocycles. The fourth-order valence-electron chi connectivity index (χ4n) is 5.22. The zero-order chi connectivity index (χ0) is 36.4. The number of hydrogen-bond donors (Lipinski definition) is 1. The van der Waals surface area contributed by atoms with Crippen LogP contribution in [0.25, 0.3) is 33.5 Å². The highest BCUT2D eigenvalue weighted by atomic mass is 32.2. The van der Waals surface area contributed by atoms with Gasteiger partial charge in [0, 0.05) is 58.9 Å². The molecule has 0 unspecified atom stereocenters. The molecule has 5 aromatic rings. The summed E-state index contributed by atoms with van der Waals surface area (Å²) in [4.78, 5) is 8.29. The molecule has 0 saturated carbocycles. The minimum atomic E-state index is -4.31. The number of imidazole rings is 1. The van der Waals surface area contributed by atoms with Crippen molar-refractivity contribution in [3.8, 4) is 22.6 Å². The molecule has 0 aliphatic rings. The number of nitrogens with one attached hydrogen (secondary N) is 1. The summed E-state index contributed by atoms with van der Waals surface area (Å²) in [6.45, 7) is 16.0. The van der Waals surface area contributed by atoms with Crippen LogP contribution in [0.4, 0.5) is 18.9 Å². The number of rotatable bonds is 15. The van der Waals surface area contributed by atoms with Crippen LogP contribution in [-0.2, 0) is 33.0 Å². The van der Waals surface area contributed by atoms with Gasteiger partial charge in [0.25, 0.3) is 10.0 Å². The minimum absolute atomic E-state index is 0.0459. The molecule has 10 nitrogen and oxygen atoms in total. The molecular weight excluding hydrogens is 702 g/mol. The Hall–Kier alpha value is -3.84. The average Bonchev–Trinajstić information content (AvgIpc) is 3.64. The molecule has 0 bridgehead atoms. The first-order chi connectivity index (χ1) is 23.5. The fraction of sp³-hybridized carbons (Fsp3) is 0.382. The van der Waals surface area contributed by atoms with Crippen molar-refractivity contribution in [2.24, 2.45) is 0 Å². The summed E-state index contributed by atoms with van der Waals surface area (Å²) in [5.74, 6) is -2.89. The van der Waals surface area contributed by atoms with Gasteiger partial charge in [-0.2, -0.15) is 5.10 Å². The van der Waals surface area contributed by atoms with Gasteiger partial charge in [-0.15, -0.1) is 0 Å². The highest BCUT2D eigenvalue weighted by molar-refractivity contribution is 7.92. The quantitative estimate of drug-likeness (QED) is 0.0852. The second-order valence-electron chi connectivity index (χ2n) is 14.6. The number of halogens is 3. The first kappa shape index (κ1) is 37.4. The van der Waals surface area contributed by atoms with Gasteiger partial charge in [0.05, 0.1) is 16.9 Å². The van der Waals surface area contributed by atoms with Gasteiger partial charge in [-0.25, -0.2) is 31.3 Å². The summed E-state index contributed by atoms with van der Waals surface area (Å²) >= 11 is 0. The van der Waals surface area contributed by atoms with Crippen molar-refractivity contribution in [2.45, 2.75) is 76.7 Å². The lowest BCUT2D eigenvalue weighted by Gasteiger charge is -2.16. The summed E-state index contributed by atoms with van der Waals surface area (Å²) < 4.78 is 91.7. The van der Waals surface area contributed by atoms with Gasteiger partial charge >= 0.3 is 0 Å². The molecule has 5 rings (SSSR count). The van der Waals surface area contributed by atoms with Crippen LogP contribution in [0.2, 0.25) is 51.4 Å². The molecule has 0 radical (unpaired) electrons. The van der Waals surface area contributed by atoms with Gasteiger partial charge < -0.3 is 14.0 Å². The van der Waals surface area contributed by atoms with E-state index in [1.165, 1.54) is 42.1 Å². The fourth-order valence-corrected chi connectivity index (χ4v) is 7.99. The summed E-state index contributed by atoms with van der Waals surface area (Å²) in [7, 11) is -7.05. The van der Waals surface area contributed by atoms with E-state index in [1.54, 1.807) is 17.0 Å². The van der Waals surface area contributed by atoms with Crippen LogP contribution in [-0.4, -0.2) is 62.1 Å². The molecular formula is C34H43F3N6O4SSi2. The molecule has 0 spiro atoms. The Morgan fingerprint density at radius 2 is 1.52 bits per heavy atom. The number of sulfonamides is 1. The maximum Gasteiger partial charge on any atom is 0.263 e. The van der Waals surface area contributed by atoms with Crippen LogP contribution in [0.3, 0.4) is 0 Å². The van der Waals surface area contributed by atoms with E-state index < -0.39 is 60.4 Å². The number of pyridine rings is 1. The first-order valence-electron chi connectivity index (χ1n) is 16.3. The molecule has 2 aromatic carbocycles. The average molecular weight is 745 g/mol. The van der Waals surface area contributed by atoms with Crippen LogP contribution in [0, 0.1) is 24.4 Å². The smallest absolute Gasteiger partial charge is 0.263 e. The third-order valence-corrected chi connectivity index (χ3v) is 13.0. The van der Waals surface area contributed by atoms with E-state index in [4.69, 9.17) is 9.47 Å². The molecule has 0 fully saturated rings. The van der Waals surface area contributed by atoms with E-state index in [9.17, 15) is 8.42 Å². The first-order valence-corrected chi connectivity index (χ1v) is 25.2. The van der Waals surface area contributed by atoms with Crippen molar-refractivity contribution in [2.75, 3.05) is 17.9 Å². The summed E-state index contributed by atoms with van der Waals surface area (Å²) in [6.07, 6.45) is 4.77. The highest BCUT2D eigenvalue weighted by Crippen LogP contribution is 2.38. The van der Waals surface area contributed by atoms with Crippen LogP contribution < -0.4 is 4.72 Å². The molecule has 3 heterocycles. The van der Waals surface area contributed by atoms with E-state index in [-0.39, 0.29) is 29.6 Å². The van der Waals surface area contributed by atoms with Crippen LogP contribution in [0.15, 0.2) is 59.9 Å². The number of aryl methyl sites for hydroxylation is 1. The van der Waals surface area contributed by atoms with Crippen molar-refractivity contribution in [3.63, 3.8) is 0 Å². The van der Waals surface area contributed by atoms with Gasteiger partial charge in [0.1, 0.15) is 35.4 Å². The Morgan fingerprint density at radius 1 is 0.840 bits per heavy atom. The Morgan fingerprint density at radius 3 is 2.18 bits per heavy atom. The van der Waals surface area contributed by atoms with Gasteiger partial charge in [0.2, 0.25) is 0 Å². The maximum atomic E-state index is 16.7. The lowest BCUT2D eigenvalue weighted by Crippen LogP contribution is -2.22. The van der Waals surface area contributed by atoms with Crippen molar-refractivity contribution < 1.29 is 31.1 Å². The summed E-state index contributed by atoms with van der Waals surface area (Å²) in [6, 6.07) is 9.20. The third kappa shape index (κ3) is 8.54. The predicted octanol–water partition coefficient (Wildman–Crippen LogP) is 8.11. The summed E-state index contributed by atoms with van der Waals surface area (Å²) in [5.41, 5.74) is -1.22. The standard InChI is InChI=1S/C34H43F3N6O4SSi2/c1-23-28(9-8-14-38-23)48(44,45)41-27-13-12-26(35)29(31(27)37)24-10-11-25-32(34-39-15-16-42(34)21-46-17-19-49(2,3)4)40-43(33(25)30(24)36)22-47-18-20-50(5,6)7/h8-16,41H,17-22H2,1-7H3. The predicted molar refractivity (Wildman–Crippen MR) is 194 cm³/mol. The SMILES string of the molecule is Cc1ncccc1S(=O)(=O)Nc1ccc(F)c(-c2ccc3c(-c4nccn4COCC[Si](C)(C)C)nn(COCC[Si](C)(C)C)c3c2F)c1F. The van der Waals surface area contributed by atoms with Gasteiger partial charge in [-0.1, -0.05) is 45.3 Å². The summed E-state index contributed by atoms with van der Waals surface area (Å²) in [5, 5.41) is 5.03. The number of aromatic nitrogens is 5. The van der Waals surface area contributed by atoms with Crippen molar-refractivity contribution in [1.82, 2.24) is 24.3 Å². The number of fused-ring (bicyclic) bond motifs is 1. The Kier molecular flexibility index (Phi) is 11.1. The molecule has 0 aliphatic heterocycles. The zero-order valence-electron chi connectivity index (χ0n) is 29.3. The number of hydrogen-bond acceptors (Lipinski definition) is 7. The molecule has 0 atom stereocenters. The molecule has 16 heteroatoms. The Balaban J connectivity index is 1.57. The maximum absolute atomic E-state index is 16.7. The zero-order valence-corrected chi connectivity index (χ0v) is 32.2. The van der Waals surface area contributed by atoms with Gasteiger partial charge in [-0.3, -0.25) is 9.71 Å². The number of nitrogens with zero attached hydrogens (tertiary/aromatic N) is 5. The van der Waals surface area contributed by atoms with Gasteiger partial charge in [0.15, 0.2) is 17.5 Å². The highest BCUT2D eigenvalue weighted by Gasteiger charge is 2.27. The number of benzene rings is 2. The van der Waals surface area contributed by atoms with E-state index in [0.29, 0.717) is 30.1 Å². The third-order valence-electron chi connectivity index (χ3n) is 8.07. The van der Waals surface area contributed by atoms with E-state index >= 15 is 13.2 Å². The molecule has 3 aromatic heterocycles. The van der Waals surface area contributed by atoms with Crippen molar-refractivity contribution >= 4 is 42.8 Å². The lowest BCUT2D eigenvalue weighted by molar-refractivity contribution is 0.0812. The lowest BCUT2D eigenvalue weighted by atomic mass is 10.0. The van der Waals surface area contributed by atoms with E-state index in [0.717, 1.165) is 24.2 Å². The van der Waals surface area contributed by atoms with Crippen molar-refractivity contribution in [1.29, 1.82) is 0 Å². The molecule has 0 aliphatic carbocycles. The van der Waals surface area contributed by atoms with Crippen LogP contribution in [0.5, 0.6) is 0 Å². The second-order valence-corrected chi connectivity index (χ2v) is 27.5. The van der Waals surface area contributed by atoms with E-state index in [2.05, 4.69) is 59.1 Å². The minimum Gasteiger partial charge on any atom is -0.361 e. The van der Waals surface area contributed by atoms with Crippen LogP contribution >= 0.6 is 0 Å². The van der Waals surface area contributed by atoms with Crippen LogP contribution in [0.1, 0.15) is 5.69 Å².